The monoisotopic (exact) mass is 266 g/mol. The van der Waals surface area contributed by atoms with Gasteiger partial charge in [-0.3, -0.25) is 4.90 Å². The van der Waals surface area contributed by atoms with Gasteiger partial charge in [-0.15, -0.1) is 11.3 Å². The highest BCUT2D eigenvalue weighted by atomic mass is 32.1. The Balaban J connectivity index is 1.65. The van der Waals surface area contributed by atoms with Crippen LogP contribution < -0.4 is 0 Å². The van der Waals surface area contributed by atoms with Gasteiger partial charge in [-0.25, -0.2) is 4.98 Å². The standard InChI is InChI=1S/C14H22N2OS/c17-9-7-11-4-1-2-8-16(11)10-14-15-12-5-3-6-13(12)18-14/h11,17H,1-10H2. The van der Waals surface area contributed by atoms with Crippen molar-refractivity contribution < 1.29 is 5.11 Å². The molecule has 1 unspecified atom stereocenters. The number of aliphatic hydroxyl groups excluding tert-OH is 1. The number of hydrogen-bond acceptors (Lipinski definition) is 4. The minimum atomic E-state index is 0.315. The fraction of sp³-hybridized carbons (Fsp3) is 0.786. The van der Waals surface area contributed by atoms with Crippen LogP contribution in [0.2, 0.25) is 0 Å². The van der Waals surface area contributed by atoms with Crippen LogP contribution in [-0.2, 0) is 19.4 Å². The Morgan fingerprint density at radius 1 is 1.28 bits per heavy atom. The quantitative estimate of drug-likeness (QED) is 0.909. The normalized spacial score (nSPS) is 24.4. The molecule has 0 saturated carbocycles. The van der Waals surface area contributed by atoms with Crippen LogP contribution in [0.1, 0.15) is 47.7 Å². The van der Waals surface area contributed by atoms with Gasteiger partial charge in [0, 0.05) is 17.5 Å². The zero-order valence-corrected chi connectivity index (χ0v) is 11.7. The lowest BCUT2D eigenvalue weighted by Crippen LogP contribution is -2.39. The molecule has 100 valence electrons. The molecule has 1 N–H and O–H groups in total. The van der Waals surface area contributed by atoms with Gasteiger partial charge in [-0.2, -0.15) is 0 Å². The summed E-state index contributed by atoms with van der Waals surface area (Å²) in [6.07, 6.45) is 8.50. The van der Waals surface area contributed by atoms with Crippen molar-refractivity contribution in [3.8, 4) is 0 Å². The summed E-state index contributed by atoms with van der Waals surface area (Å²) >= 11 is 1.92. The fourth-order valence-electron chi connectivity index (χ4n) is 3.23. The first-order valence-electron chi connectivity index (χ1n) is 7.19. The summed E-state index contributed by atoms with van der Waals surface area (Å²) in [5, 5.41) is 10.5. The molecule has 1 fully saturated rings. The third kappa shape index (κ3) is 2.60. The number of aliphatic hydroxyl groups is 1. The van der Waals surface area contributed by atoms with E-state index in [1.54, 1.807) is 0 Å². The molecule has 1 atom stereocenters. The van der Waals surface area contributed by atoms with Gasteiger partial charge >= 0.3 is 0 Å². The first kappa shape index (κ1) is 12.6. The molecule has 1 aromatic rings. The second kappa shape index (κ2) is 5.68. The average Bonchev–Trinajstić information content (AvgIpc) is 2.92. The van der Waals surface area contributed by atoms with Crippen molar-refractivity contribution in [2.45, 2.75) is 57.5 Å². The zero-order chi connectivity index (χ0) is 12.4. The molecule has 0 radical (unpaired) electrons. The number of aromatic nitrogens is 1. The van der Waals surface area contributed by atoms with E-state index >= 15 is 0 Å². The van der Waals surface area contributed by atoms with Crippen LogP contribution in [0.25, 0.3) is 0 Å². The minimum absolute atomic E-state index is 0.315. The number of nitrogens with zero attached hydrogens (tertiary/aromatic N) is 2. The molecule has 0 amide bonds. The van der Waals surface area contributed by atoms with Crippen LogP contribution in [0.5, 0.6) is 0 Å². The highest BCUT2D eigenvalue weighted by Crippen LogP contribution is 2.29. The maximum absolute atomic E-state index is 9.16. The lowest BCUT2D eigenvalue weighted by atomic mass is 10.00. The van der Waals surface area contributed by atoms with E-state index in [1.807, 2.05) is 11.3 Å². The number of likely N-dealkylation sites (tertiary alicyclic amines) is 1. The van der Waals surface area contributed by atoms with Crippen molar-refractivity contribution in [1.82, 2.24) is 9.88 Å². The number of rotatable bonds is 4. The molecule has 1 aromatic heterocycles. The summed E-state index contributed by atoms with van der Waals surface area (Å²) in [6, 6.07) is 0.572. The van der Waals surface area contributed by atoms with Crippen LogP contribution in [0.15, 0.2) is 0 Å². The molecule has 2 aliphatic rings. The van der Waals surface area contributed by atoms with Gasteiger partial charge in [-0.05, 0) is 45.1 Å². The molecule has 1 aliphatic heterocycles. The lowest BCUT2D eigenvalue weighted by Gasteiger charge is -2.34. The van der Waals surface area contributed by atoms with Crippen molar-refractivity contribution in [3.63, 3.8) is 0 Å². The summed E-state index contributed by atoms with van der Waals surface area (Å²) in [5.74, 6) is 0. The molecule has 3 rings (SSSR count). The predicted molar refractivity (Wildman–Crippen MR) is 73.9 cm³/mol. The van der Waals surface area contributed by atoms with Gasteiger partial charge in [-0.1, -0.05) is 6.42 Å². The molecule has 3 nitrogen and oxygen atoms in total. The lowest BCUT2D eigenvalue weighted by molar-refractivity contribution is 0.112. The Kier molecular flexibility index (Phi) is 3.97. The number of piperidine rings is 1. The summed E-state index contributed by atoms with van der Waals surface area (Å²) in [7, 11) is 0. The smallest absolute Gasteiger partial charge is 0.107 e. The topological polar surface area (TPSA) is 36.4 Å². The summed E-state index contributed by atoms with van der Waals surface area (Å²) in [4.78, 5) is 8.86. The molecule has 18 heavy (non-hydrogen) atoms. The number of hydrogen-bond donors (Lipinski definition) is 1. The van der Waals surface area contributed by atoms with Gasteiger partial charge in [0.15, 0.2) is 0 Å². The Hall–Kier alpha value is -0.450. The number of aryl methyl sites for hydroxylation is 2. The van der Waals surface area contributed by atoms with Gasteiger partial charge in [0.2, 0.25) is 0 Å². The van der Waals surface area contributed by atoms with Crippen molar-refractivity contribution in [1.29, 1.82) is 0 Å². The molecule has 0 bridgehead atoms. The second-order valence-corrected chi connectivity index (χ2v) is 6.63. The van der Waals surface area contributed by atoms with Crippen molar-refractivity contribution in [3.05, 3.63) is 15.6 Å². The molecule has 1 aliphatic carbocycles. The molecule has 0 spiro atoms. The molecule has 1 saturated heterocycles. The van der Waals surface area contributed by atoms with Gasteiger partial charge in [0.1, 0.15) is 5.01 Å². The molecular formula is C14H22N2OS. The van der Waals surface area contributed by atoms with Crippen molar-refractivity contribution in [2.75, 3.05) is 13.2 Å². The van der Waals surface area contributed by atoms with Crippen molar-refractivity contribution >= 4 is 11.3 Å². The highest BCUT2D eigenvalue weighted by molar-refractivity contribution is 7.11. The first-order valence-corrected chi connectivity index (χ1v) is 8.01. The SMILES string of the molecule is OCCC1CCCCN1Cc1nc2c(s1)CCC2. The fourth-order valence-corrected chi connectivity index (χ4v) is 4.41. The van der Waals surface area contributed by atoms with E-state index in [-0.39, 0.29) is 0 Å². The summed E-state index contributed by atoms with van der Waals surface area (Å²) in [6.45, 7) is 2.49. The van der Waals surface area contributed by atoms with Gasteiger partial charge < -0.3 is 5.11 Å². The van der Waals surface area contributed by atoms with E-state index in [2.05, 4.69) is 4.90 Å². The highest BCUT2D eigenvalue weighted by Gasteiger charge is 2.24. The maximum atomic E-state index is 9.16. The van der Waals surface area contributed by atoms with E-state index < -0.39 is 0 Å². The number of thiazole rings is 1. The zero-order valence-electron chi connectivity index (χ0n) is 10.9. The third-order valence-corrected chi connectivity index (χ3v) is 5.33. The molecule has 0 aromatic carbocycles. The van der Waals surface area contributed by atoms with E-state index in [0.717, 1.165) is 13.0 Å². The Morgan fingerprint density at radius 2 is 2.22 bits per heavy atom. The van der Waals surface area contributed by atoms with Gasteiger partial charge in [0.25, 0.3) is 0 Å². The van der Waals surface area contributed by atoms with Crippen LogP contribution in [0.3, 0.4) is 0 Å². The van der Waals surface area contributed by atoms with Crippen LogP contribution in [-0.4, -0.2) is 34.2 Å². The van der Waals surface area contributed by atoms with E-state index in [4.69, 9.17) is 10.1 Å². The van der Waals surface area contributed by atoms with Crippen LogP contribution >= 0.6 is 11.3 Å². The van der Waals surface area contributed by atoms with Gasteiger partial charge in [0.05, 0.1) is 12.2 Å². The van der Waals surface area contributed by atoms with E-state index in [0.29, 0.717) is 12.6 Å². The summed E-state index contributed by atoms with van der Waals surface area (Å²) in [5.41, 5.74) is 1.37. The molecule has 2 heterocycles. The van der Waals surface area contributed by atoms with E-state index in [1.165, 1.54) is 60.6 Å². The number of fused-ring (bicyclic) bond motifs is 1. The second-order valence-electron chi connectivity index (χ2n) is 5.46. The third-order valence-electron chi connectivity index (χ3n) is 4.19. The average molecular weight is 266 g/mol. The first-order chi connectivity index (χ1) is 8.86. The predicted octanol–water partition coefficient (Wildman–Crippen LogP) is 2.37. The van der Waals surface area contributed by atoms with Crippen LogP contribution in [0, 0.1) is 0 Å². The largest absolute Gasteiger partial charge is 0.396 e. The molecular weight excluding hydrogens is 244 g/mol. The Bertz CT molecular complexity index is 381. The maximum Gasteiger partial charge on any atom is 0.107 e. The van der Waals surface area contributed by atoms with Crippen LogP contribution in [0.4, 0.5) is 0 Å². The van der Waals surface area contributed by atoms with E-state index in [9.17, 15) is 0 Å². The molecule has 4 heteroatoms. The summed E-state index contributed by atoms with van der Waals surface area (Å²) < 4.78 is 0. The Morgan fingerprint density at radius 3 is 3.06 bits per heavy atom. The van der Waals surface area contributed by atoms with Crippen molar-refractivity contribution in [2.24, 2.45) is 0 Å². The minimum Gasteiger partial charge on any atom is -0.396 e. The Labute approximate surface area is 113 Å².